The van der Waals surface area contributed by atoms with E-state index >= 15 is 0 Å². The summed E-state index contributed by atoms with van der Waals surface area (Å²) in [7, 11) is -2.33. The number of hydrogen-bond donors (Lipinski definition) is 1. The molecule has 8 heteroatoms. The number of nitrogens with one attached hydrogen (secondary N) is 1. The summed E-state index contributed by atoms with van der Waals surface area (Å²) >= 11 is 6.07. The number of amides is 1. The van der Waals surface area contributed by atoms with Crippen LogP contribution in [0.4, 0.5) is 5.69 Å². The third-order valence-electron chi connectivity index (χ3n) is 4.85. The molecule has 32 heavy (non-hydrogen) atoms. The first kappa shape index (κ1) is 23.6. The van der Waals surface area contributed by atoms with Gasteiger partial charge in [0.15, 0.2) is 0 Å². The van der Waals surface area contributed by atoms with Crippen LogP contribution in [0.15, 0.2) is 83.8 Å². The molecule has 0 saturated carbocycles. The van der Waals surface area contributed by atoms with Gasteiger partial charge in [0.25, 0.3) is 10.0 Å². The first-order chi connectivity index (χ1) is 15.4. The second kappa shape index (κ2) is 11.0. The van der Waals surface area contributed by atoms with E-state index in [1.165, 1.54) is 18.2 Å². The Balaban J connectivity index is 1.69. The minimum absolute atomic E-state index is 0.101. The molecule has 0 unspecified atom stereocenters. The zero-order chi connectivity index (χ0) is 23.0. The SMILES string of the molecule is COc1ccccc1CCCNC(=O)CN(c1cccc(Cl)c1)S(=O)(=O)c1ccccc1. The summed E-state index contributed by atoms with van der Waals surface area (Å²) in [6.07, 6.45) is 1.42. The van der Waals surface area contributed by atoms with E-state index in [1.807, 2.05) is 24.3 Å². The van der Waals surface area contributed by atoms with Crippen molar-refractivity contribution >= 4 is 33.2 Å². The Hall–Kier alpha value is -3.03. The second-order valence-corrected chi connectivity index (χ2v) is 9.37. The molecular formula is C24H25ClN2O4S. The molecule has 0 fully saturated rings. The summed E-state index contributed by atoms with van der Waals surface area (Å²) < 4.78 is 32.9. The van der Waals surface area contributed by atoms with Crippen molar-refractivity contribution in [1.82, 2.24) is 5.32 Å². The highest BCUT2D eigenvalue weighted by Crippen LogP contribution is 2.26. The van der Waals surface area contributed by atoms with E-state index < -0.39 is 15.9 Å². The number of methoxy groups -OCH3 is 1. The van der Waals surface area contributed by atoms with Gasteiger partial charge in [-0.25, -0.2) is 8.42 Å². The number of carbonyl (C=O) groups is 1. The number of benzene rings is 3. The van der Waals surface area contributed by atoms with Crippen LogP contribution in [-0.2, 0) is 21.2 Å². The monoisotopic (exact) mass is 472 g/mol. The lowest BCUT2D eigenvalue weighted by Gasteiger charge is -2.24. The highest BCUT2D eigenvalue weighted by molar-refractivity contribution is 7.92. The molecule has 0 heterocycles. The number of carbonyl (C=O) groups excluding carboxylic acids is 1. The van der Waals surface area contributed by atoms with Crippen LogP contribution in [0, 0.1) is 0 Å². The van der Waals surface area contributed by atoms with Crippen molar-refractivity contribution in [3.8, 4) is 5.75 Å². The van der Waals surface area contributed by atoms with Gasteiger partial charge in [-0.05, 0) is 54.8 Å². The van der Waals surface area contributed by atoms with Gasteiger partial charge in [-0.2, -0.15) is 0 Å². The fraction of sp³-hybridized carbons (Fsp3) is 0.208. The topological polar surface area (TPSA) is 75.7 Å². The summed E-state index contributed by atoms with van der Waals surface area (Å²) in [6, 6.07) is 22.2. The molecule has 0 spiro atoms. The maximum Gasteiger partial charge on any atom is 0.264 e. The fourth-order valence-electron chi connectivity index (χ4n) is 3.27. The summed E-state index contributed by atoms with van der Waals surface area (Å²) in [5.41, 5.74) is 1.38. The molecule has 6 nitrogen and oxygen atoms in total. The lowest BCUT2D eigenvalue weighted by Crippen LogP contribution is -2.41. The Morgan fingerprint density at radius 3 is 2.44 bits per heavy atom. The van der Waals surface area contributed by atoms with Crippen molar-refractivity contribution in [3.63, 3.8) is 0 Å². The first-order valence-electron chi connectivity index (χ1n) is 10.1. The van der Waals surface area contributed by atoms with Gasteiger partial charge >= 0.3 is 0 Å². The van der Waals surface area contributed by atoms with E-state index in [2.05, 4.69) is 5.32 Å². The number of ether oxygens (including phenoxy) is 1. The molecule has 3 aromatic carbocycles. The molecule has 3 rings (SSSR count). The lowest BCUT2D eigenvalue weighted by atomic mass is 10.1. The van der Waals surface area contributed by atoms with E-state index in [0.29, 0.717) is 23.7 Å². The van der Waals surface area contributed by atoms with Gasteiger partial charge in [0, 0.05) is 11.6 Å². The summed E-state index contributed by atoms with van der Waals surface area (Å²) in [6.45, 7) is 0.0535. The van der Waals surface area contributed by atoms with Gasteiger partial charge in [0.1, 0.15) is 12.3 Å². The Kier molecular flexibility index (Phi) is 8.14. The molecule has 1 N–H and O–H groups in total. The number of nitrogens with zero attached hydrogens (tertiary/aromatic N) is 1. The van der Waals surface area contributed by atoms with E-state index in [9.17, 15) is 13.2 Å². The van der Waals surface area contributed by atoms with Gasteiger partial charge in [0.2, 0.25) is 5.91 Å². The van der Waals surface area contributed by atoms with Gasteiger partial charge in [-0.3, -0.25) is 9.10 Å². The number of sulfonamides is 1. The van der Waals surface area contributed by atoms with Crippen LogP contribution in [0.1, 0.15) is 12.0 Å². The van der Waals surface area contributed by atoms with E-state index in [-0.39, 0.29) is 11.4 Å². The highest BCUT2D eigenvalue weighted by Gasteiger charge is 2.27. The molecule has 3 aromatic rings. The normalized spacial score (nSPS) is 11.1. The molecule has 0 atom stereocenters. The second-order valence-electron chi connectivity index (χ2n) is 7.07. The van der Waals surface area contributed by atoms with E-state index in [1.54, 1.807) is 43.5 Å². The number of aryl methyl sites for hydroxylation is 1. The average Bonchev–Trinajstić information content (AvgIpc) is 2.81. The van der Waals surface area contributed by atoms with Crippen LogP contribution in [-0.4, -0.2) is 34.5 Å². The summed E-state index contributed by atoms with van der Waals surface area (Å²) in [5.74, 6) is 0.407. The minimum Gasteiger partial charge on any atom is -0.496 e. The summed E-state index contributed by atoms with van der Waals surface area (Å²) in [5, 5.41) is 3.19. The third kappa shape index (κ3) is 6.02. The Morgan fingerprint density at radius 1 is 1.00 bits per heavy atom. The van der Waals surface area contributed by atoms with Crippen LogP contribution in [0.5, 0.6) is 5.75 Å². The molecule has 0 aliphatic rings. The van der Waals surface area contributed by atoms with Gasteiger partial charge in [0.05, 0.1) is 17.7 Å². The number of anilines is 1. The molecule has 1 amide bonds. The van der Waals surface area contributed by atoms with E-state index in [4.69, 9.17) is 16.3 Å². The molecule has 0 radical (unpaired) electrons. The molecule has 0 aliphatic heterocycles. The van der Waals surface area contributed by atoms with Gasteiger partial charge in [-0.1, -0.05) is 54.1 Å². The maximum atomic E-state index is 13.3. The van der Waals surface area contributed by atoms with Crippen molar-refractivity contribution in [3.05, 3.63) is 89.4 Å². The average molecular weight is 473 g/mol. The van der Waals surface area contributed by atoms with Crippen LogP contribution in [0.25, 0.3) is 0 Å². The Bertz CT molecular complexity index is 1150. The molecule has 0 aromatic heterocycles. The molecule has 0 aliphatic carbocycles. The maximum absolute atomic E-state index is 13.3. The highest BCUT2D eigenvalue weighted by atomic mass is 35.5. The molecule has 0 saturated heterocycles. The number of hydrogen-bond acceptors (Lipinski definition) is 4. The van der Waals surface area contributed by atoms with Crippen molar-refractivity contribution in [1.29, 1.82) is 0 Å². The predicted octanol–water partition coefficient (Wildman–Crippen LogP) is 4.29. The lowest BCUT2D eigenvalue weighted by molar-refractivity contribution is -0.119. The zero-order valence-electron chi connectivity index (χ0n) is 17.7. The Labute approximate surface area is 193 Å². The first-order valence-corrected chi connectivity index (χ1v) is 12.0. The third-order valence-corrected chi connectivity index (χ3v) is 6.88. The predicted molar refractivity (Wildman–Crippen MR) is 127 cm³/mol. The van der Waals surface area contributed by atoms with E-state index in [0.717, 1.165) is 22.0 Å². The Morgan fingerprint density at radius 2 is 1.72 bits per heavy atom. The molecule has 0 bridgehead atoms. The largest absolute Gasteiger partial charge is 0.496 e. The number of halogens is 1. The van der Waals surface area contributed by atoms with Crippen molar-refractivity contribution in [2.75, 3.05) is 24.5 Å². The van der Waals surface area contributed by atoms with Crippen molar-refractivity contribution in [2.45, 2.75) is 17.7 Å². The van der Waals surface area contributed by atoms with Gasteiger partial charge in [-0.15, -0.1) is 0 Å². The summed E-state index contributed by atoms with van der Waals surface area (Å²) in [4.78, 5) is 12.8. The number of rotatable bonds is 10. The quantitative estimate of drug-likeness (QED) is 0.446. The van der Waals surface area contributed by atoms with Crippen molar-refractivity contribution in [2.24, 2.45) is 0 Å². The fourth-order valence-corrected chi connectivity index (χ4v) is 4.89. The smallest absolute Gasteiger partial charge is 0.264 e. The van der Waals surface area contributed by atoms with Crippen LogP contribution >= 0.6 is 11.6 Å². The van der Waals surface area contributed by atoms with Gasteiger partial charge < -0.3 is 10.1 Å². The molecule has 168 valence electrons. The molecular weight excluding hydrogens is 448 g/mol. The van der Waals surface area contributed by atoms with Crippen LogP contribution < -0.4 is 14.4 Å². The standard InChI is InChI=1S/C24H25ClN2O4S/c1-31-23-15-6-5-9-19(23)10-8-16-26-24(28)18-27(21-12-7-11-20(25)17-21)32(29,30)22-13-3-2-4-14-22/h2-7,9,11-15,17H,8,10,16,18H2,1H3,(H,26,28). The van der Waals surface area contributed by atoms with Crippen molar-refractivity contribution < 1.29 is 17.9 Å². The minimum atomic E-state index is -3.95. The zero-order valence-corrected chi connectivity index (χ0v) is 19.3. The van der Waals surface area contributed by atoms with Crippen LogP contribution in [0.3, 0.4) is 0 Å². The number of para-hydroxylation sites is 1. The van der Waals surface area contributed by atoms with Crippen LogP contribution in [0.2, 0.25) is 5.02 Å².